The maximum Gasteiger partial charge on any atom is 0.208 e. The van der Waals surface area contributed by atoms with Gasteiger partial charge in [0.2, 0.25) is 20.0 Å². The largest absolute Gasteiger partial charge is 0.323 e. The quantitative estimate of drug-likeness (QED) is 0.543. The Morgan fingerprint density at radius 1 is 0.667 bits per heavy atom. The van der Waals surface area contributed by atoms with Crippen LogP contribution in [-0.2, 0) is 20.0 Å². The van der Waals surface area contributed by atoms with Crippen LogP contribution in [0.25, 0.3) is 0 Å². The highest BCUT2D eigenvalue weighted by atomic mass is 32.2. The zero-order valence-electron chi connectivity index (χ0n) is 9.95. The Balaban J connectivity index is -0.000000153. The predicted molar refractivity (Wildman–Crippen MR) is 62.8 cm³/mol. The van der Waals surface area contributed by atoms with Gasteiger partial charge >= 0.3 is 0 Å². The van der Waals surface area contributed by atoms with Crippen molar-refractivity contribution >= 4 is 20.0 Å². The number of hydrogen-bond donors (Lipinski definition) is 3. The van der Waals surface area contributed by atoms with E-state index in [9.17, 15) is 16.8 Å². The van der Waals surface area contributed by atoms with Gasteiger partial charge in [0, 0.05) is 0 Å². The van der Waals surface area contributed by atoms with Gasteiger partial charge in [-0.05, 0) is 28.2 Å². The van der Waals surface area contributed by atoms with E-state index in [2.05, 4.69) is 14.8 Å². The van der Waals surface area contributed by atoms with Gasteiger partial charge in [-0.25, -0.2) is 26.3 Å². The fourth-order valence-electron chi connectivity index (χ4n) is 0. The Hall–Kier alpha value is -0.220. The summed E-state index contributed by atoms with van der Waals surface area (Å²) < 4.78 is 43.7. The minimum Gasteiger partial charge on any atom is -0.323 e. The minimum atomic E-state index is -2.91. The second kappa shape index (κ2) is 10.3. The molecule has 9 heteroatoms. The Kier molecular flexibility index (Phi) is 13.9. The predicted octanol–water partition coefficient (Wildman–Crippen LogP) is -1.83. The van der Waals surface area contributed by atoms with Crippen LogP contribution in [0.2, 0.25) is 0 Å². The van der Waals surface area contributed by atoms with Gasteiger partial charge in [0.05, 0.1) is 12.5 Å². The van der Waals surface area contributed by atoms with E-state index in [-0.39, 0.29) is 0 Å². The molecule has 0 aliphatic rings. The number of hydrogen-bond acceptors (Lipinski definition) is 5. The van der Waals surface area contributed by atoms with Crippen LogP contribution < -0.4 is 14.8 Å². The zero-order valence-corrected chi connectivity index (χ0v) is 11.6. The van der Waals surface area contributed by atoms with Crippen molar-refractivity contribution in [3.63, 3.8) is 0 Å². The number of nitrogens with one attached hydrogen (secondary N) is 3. The normalized spacial score (nSPS) is 10.5. The third kappa shape index (κ3) is 57.2. The second-order valence-electron chi connectivity index (χ2n) is 2.45. The Morgan fingerprint density at radius 3 is 0.733 bits per heavy atom. The van der Waals surface area contributed by atoms with Crippen molar-refractivity contribution in [3.05, 3.63) is 0 Å². The van der Waals surface area contributed by atoms with Gasteiger partial charge in [0.25, 0.3) is 0 Å². The molecule has 96 valence electrons. The van der Waals surface area contributed by atoms with Crippen molar-refractivity contribution < 1.29 is 16.8 Å². The van der Waals surface area contributed by atoms with Gasteiger partial charge < -0.3 is 5.32 Å². The molecule has 0 saturated carbocycles. The molecule has 0 aromatic carbocycles. The highest BCUT2D eigenvalue weighted by Gasteiger charge is 1.88. The van der Waals surface area contributed by atoms with Gasteiger partial charge in [0.15, 0.2) is 0 Å². The molecular weight excluding hydrogens is 242 g/mol. The van der Waals surface area contributed by atoms with Crippen LogP contribution in [0.5, 0.6) is 0 Å². The van der Waals surface area contributed by atoms with E-state index in [1.54, 1.807) is 0 Å². The van der Waals surface area contributed by atoms with Gasteiger partial charge in [-0.15, -0.1) is 0 Å². The molecule has 0 radical (unpaired) electrons. The standard InChI is InChI=1S/2C2H7NO2S.C2H7N/c2*1-3-6(2,4)5;1-3-2/h2*3H,1-2H3;3H,1-2H3. The molecule has 0 saturated heterocycles. The molecule has 0 unspecified atom stereocenters. The molecular formula is C6H21N3O4S2. The second-order valence-corrected chi connectivity index (χ2v) is 6.36. The maximum absolute atomic E-state index is 9.89. The first-order valence-electron chi connectivity index (χ1n) is 3.89. The number of sulfonamides is 2. The summed E-state index contributed by atoms with van der Waals surface area (Å²) in [6, 6.07) is 0. The fraction of sp³-hybridized carbons (Fsp3) is 1.00. The highest BCUT2D eigenvalue weighted by Crippen LogP contribution is 1.63. The van der Waals surface area contributed by atoms with E-state index in [0.717, 1.165) is 12.5 Å². The van der Waals surface area contributed by atoms with Crippen molar-refractivity contribution in [3.8, 4) is 0 Å². The lowest BCUT2D eigenvalue weighted by atomic mass is 11.3. The van der Waals surface area contributed by atoms with Crippen molar-refractivity contribution in [2.75, 3.05) is 40.7 Å². The minimum absolute atomic E-state index is 1.10. The van der Waals surface area contributed by atoms with Crippen molar-refractivity contribution in [1.82, 2.24) is 14.8 Å². The molecule has 0 bridgehead atoms. The van der Waals surface area contributed by atoms with E-state index in [1.807, 2.05) is 14.1 Å². The smallest absolute Gasteiger partial charge is 0.208 e. The summed E-state index contributed by atoms with van der Waals surface area (Å²) in [7, 11) is 0.667. The molecule has 0 spiro atoms. The van der Waals surface area contributed by atoms with Crippen molar-refractivity contribution in [2.45, 2.75) is 0 Å². The molecule has 0 aliphatic carbocycles. The van der Waals surface area contributed by atoms with E-state index in [1.165, 1.54) is 14.1 Å². The van der Waals surface area contributed by atoms with Crippen LogP contribution in [0, 0.1) is 0 Å². The number of rotatable bonds is 2. The summed E-state index contributed by atoms with van der Waals surface area (Å²) in [5, 5.41) is 2.75. The Morgan fingerprint density at radius 2 is 0.733 bits per heavy atom. The zero-order chi connectivity index (χ0) is 13.1. The molecule has 0 heterocycles. The lowest BCUT2D eigenvalue weighted by Crippen LogP contribution is -2.15. The van der Waals surface area contributed by atoms with E-state index >= 15 is 0 Å². The van der Waals surface area contributed by atoms with E-state index < -0.39 is 20.0 Å². The molecule has 0 fully saturated rings. The first-order chi connectivity index (χ1) is 6.54. The Labute approximate surface area is 92.7 Å². The fourth-order valence-corrected chi connectivity index (χ4v) is 0. The average Bonchev–Trinajstić information content (AvgIpc) is 2.04. The first kappa shape index (κ1) is 20.2. The topological polar surface area (TPSA) is 104 Å². The summed E-state index contributed by atoms with van der Waals surface area (Å²) in [6.07, 6.45) is 2.21. The molecule has 0 atom stereocenters. The SMILES string of the molecule is CNC.CNS(C)(=O)=O.CNS(C)(=O)=O. The van der Waals surface area contributed by atoms with Crippen LogP contribution in [0.15, 0.2) is 0 Å². The van der Waals surface area contributed by atoms with Gasteiger partial charge in [-0.3, -0.25) is 0 Å². The molecule has 0 amide bonds. The molecule has 0 aromatic rings. The summed E-state index contributed by atoms with van der Waals surface area (Å²) in [5.74, 6) is 0. The van der Waals surface area contributed by atoms with E-state index in [4.69, 9.17) is 0 Å². The first-order valence-corrected chi connectivity index (χ1v) is 7.67. The lowest BCUT2D eigenvalue weighted by Gasteiger charge is -1.85. The van der Waals surface area contributed by atoms with Gasteiger partial charge in [0.1, 0.15) is 0 Å². The summed E-state index contributed by atoms with van der Waals surface area (Å²) in [6.45, 7) is 0. The van der Waals surface area contributed by atoms with Crippen molar-refractivity contribution in [2.24, 2.45) is 0 Å². The Bertz CT molecular complexity index is 277. The third-order valence-corrected chi connectivity index (χ3v) is 2.22. The molecule has 0 aromatic heterocycles. The average molecular weight is 263 g/mol. The summed E-state index contributed by atoms with van der Waals surface area (Å²) in [4.78, 5) is 0. The highest BCUT2D eigenvalue weighted by molar-refractivity contribution is 7.88. The van der Waals surface area contributed by atoms with Crippen LogP contribution >= 0.6 is 0 Å². The van der Waals surface area contributed by atoms with Crippen LogP contribution in [0.4, 0.5) is 0 Å². The lowest BCUT2D eigenvalue weighted by molar-refractivity contribution is 0.592. The van der Waals surface area contributed by atoms with Crippen molar-refractivity contribution in [1.29, 1.82) is 0 Å². The molecule has 3 N–H and O–H groups in total. The summed E-state index contributed by atoms with van der Waals surface area (Å²) >= 11 is 0. The van der Waals surface area contributed by atoms with E-state index in [0.29, 0.717) is 0 Å². The molecule has 15 heavy (non-hydrogen) atoms. The van der Waals surface area contributed by atoms with Gasteiger partial charge in [-0.1, -0.05) is 0 Å². The molecule has 7 nitrogen and oxygen atoms in total. The van der Waals surface area contributed by atoms with Gasteiger partial charge in [-0.2, -0.15) is 0 Å². The molecule has 0 rings (SSSR count). The van der Waals surface area contributed by atoms with Crippen LogP contribution in [0.1, 0.15) is 0 Å². The molecule has 0 aliphatic heterocycles. The summed E-state index contributed by atoms with van der Waals surface area (Å²) in [5.41, 5.74) is 0. The maximum atomic E-state index is 9.89. The van der Waals surface area contributed by atoms with Crippen LogP contribution in [0.3, 0.4) is 0 Å². The monoisotopic (exact) mass is 263 g/mol. The third-order valence-electron chi connectivity index (χ3n) is 0.742. The van der Waals surface area contributed by atoms with Crippen LogP contribution in [-0.4, -0.2) is 57.5 Å².